The Morgan fingerprint density at radius 3 is 2.70 bits per heavy atom. The lowest BCUT2D eigenvalue weighted by Gasteiger charge is -2.26. The minimum absolute atomic E-state index is 0.0186. The molecule has 3 aromatic rings. The summed E-state index contributed by atoms with van der Waals surface area (Å²) in [5, 5.41) is 0. The van der Waals surface area contributed by atoms with Crippen molar-refractivity contribution in [3.63, 3.8) is 0 Å². The van der Waals surface area contributed by atoms with E-state index in [9.17, 15) is 9.18 Å². The molecule has 0 amide bonds. The number of rotatable bonds is 6. The molecule has 1 aromatic heterocycles. The Hall–Kier alpha value is -3.94. The Balaban J connectivity index is 1.84. The highest BCUT2D eigenvalue weighted by molar-refractivity contribution is 5.77. The molecule has 0 spiro atoms. The summed E-state index contributed by atoms with van der Waals surface area (Å²) < 4.78 is 25.2. The molecular formula is C22H18FN3O4. The number of amidine groups is 1. The first-order chi connectivity index (χ1) is 14.7. The van der Waals surface area contributed by atoms with Crippen molar-refractivity contribution in [3.8, 4) is 16.9 Å². The van der Waals surface area contributed by atoms with E-state index in [1.807, 2.05) is 36.4 Å². The van der Waals surface area contributed by atoms with Crippen LogP contribution in [0.5, 0.6) is 5.75 Å². The molecular weight excluding hydrogens is 389 g/mol. The van der Waals surface area contributed by atoms with E-state index in [4.69, 9.17) is 9.47 Å². The summed E-state index contributed by atoms with van der Waals surface area (Å²) in [6.07, 6.45) is 3.47. The van der Waals surface area contributed by atoms with Crippen LogP contribution in [-0.4, -0.2) is 31.2 Å². The first-order valence-electron chi connectivity index (χ1n) is 9.09. The Morgan fingerprint density at radius 2 is 1.97 bits per heavy atom. The van der Waals surface area contributed by atoms with Crippen LogP contribution in [0.3, 0.4) is 0 Å². The Bertz CT molecular complexity index is 1090. The number of carbonyl (C=O) groups excluding carboxylic acids is 1. The molecule has 1 N–H and O–H groups in total. The van der Waals surface area contributed by atoms with Crippen molar-refractivity contribution >= 4 is 12.5 Å². The van der Waals surface area contributed by atoms with Gasteiger partial charge in [0.2, 0.25) is 0 Å². The maximum Gasteiger partial charge on any atom is 0.320 e. The second-order valence-corrected chi connectivity index (χ2v) is 6.55. The van der Waals surface area contributed by atoms with Crippen molar-refractivity contribution in [1.82, 2.24) is 10.5 Å². The van der Waals surface area contributed by atoms with Crippen LogP contribution in [0.2, 0.25) is 0 Å². The van der Waals surface area contributed by atoms with Gasteiger partial charge in [0, 0.05) is 12.4 Å². The van der Waals surface area contributed by atoms with Crippen LogP contribution in [0.15, 0.2) is 72.0 Å². The highest BCUT2D eigenvalue weighted by Gasteiger charge is 2.41. The monoisotopic (exact) mass is 407 g/mol. The Morgan fingerprint density at radius 1 is 1.13 bits per heavy atom. The largest absolute Gasteiger partial charge is 0.494 e. The summed E-state index contributed by atoms with van der Waals surface area (Å²) in [5.74, 6) is -0.387. The molecule has 2 heterocycles. The normalized spacial score (nSPS) is 17.6. The molecule has 8 heteroatoms. The summed E-state index contributed by atoms with van der Waals surface area (Å²) >= 11 is 0. The van der Waals surface area contributed by atoms with Gasteiger partial charge in [-0.15, -0.1) is 0 Å². The molecule has 4 rings (SSSR count). The van der Waals surface area contributed by atoms with Gasteiger partial charge in [0.05, 0.1) is 7.11 Å². The van der Waals surface area contributed by atoms with E-state index in [2.05, 4.69) is 20.3 Å². The molecule has 1 atom stereocenters. The van der Waals surface area contributed by atoms with Gasteiger partial charge < -0.3 is 14.3 Å². The van der Waals surface area contributed by atoms with E-state index >= 15 is 0 Å². The average Bonchev–Trinajstić information content (AvgIpc) is 3.24. The third kappa shape index (κ3) is 3.55. The molecule has 0 fully saturated rings. The maximum atomic E-state index is 14.5. The maximum absolute atomic E-state index is 14.5. The first kappa shape index (κ1) is 19.4. The minimum atomic E-state index is -1.06. The number of halogens is 1. The number of carbonyl (C=O) groups is 1. The van der Waals surface area contributed by atoms with Crippen LogP contribution in [-0.2, 0) is 19.9 Å². The number of hydrogen-bond acceptors (Lipinski definition) is 7. The summed E-state index contributed by atoms with van der Waals surface area (Å²) in [5.41, 5.74) is 4.48. The number of hydroxylamine groups is 1. The average molecular weight is 407 g/mol. The van der Waals surface area contributed by atoms with Crippen molar-refractivity contribution in [1.29, 1.82) is 0 Å². The zero-order valence-corrected chi connectivity index (χ0v) is 16.0. The molecule has 0 bridgehead atoms. The van der Waals surface area contributed by atoms with E-state index in [-0.39, 0.29) is 24.9 Å². The van der Waals surface area contributed by atoms with E-state index in [1.165, 1.54) is 13.2 Å². The van der Waals surface area contributed by atoms with Crippen LogP contribution in [0.25, 0.3) is 11.1 Å². The second-order valence-electron chi connectivity index (χ2n) is 6.55. The van der Waals surface area contributed by atoms with Gasteiger partial charge in [-0.1, -0.05) is 30.3 Å². The van der Waals surface area contributed by atoms with E-state index in [1.54, 1.807) is 24.5 Å². The Kier molecular flexibility index (Phi) is 5.30. The third-order valence-corrected chi connectivity index (χ3v) is 4.87. The fraction of sp³-hybridized carbons (Fsp3) is 0.136. The smallest absolute Gasteiger partial charge is 0.320 e. The molecule has 152 valence electrons. The van der Waals surface area contributed by atoms with E-state index in [0.717, 1.165) is 16.7 Å². The highest BCUT2D eigenvalue weighted by Crippen LogP contribution is 2.40. The number of nitrogens with zero attached hydrogens (tertiary/aromatic N) is 2. The second kappa shape index (κ2) is 8.20. The van der Waals surface area contributed by atoms with Crippen LogP contribution in [0, 0.1) is 5.82 Å². The van der Waals surface area contributed by atoms with Gasteiger partial charge in [-0.2, -0.15) is 5.48 Å². The molecule has 1 aliphatic rings. The molecule has 0 saturated heterocycles. The molecule has 1 unspecified atom stereocenters. The number of aliphatic imine (C=N–C) groups is 1. The van der Waals surface area contributed by atoms with Crippen molar-refractivity contribution in [2.75, 3.05) is 13.7 Å². The molecule has 0 saturated carbocycles. The third-order valence-electron chi connectivity index (χ3n) is 4.87. The van der Waals surface area contributed by atoms with Gasteiger partial charge in [0.15, 0.2) is 17.1 Å². The molecule has 0 radical (unpaired) electrons. The van der Waals surface area contributed by atoms with Crippen LogP contribution >= 0.6 is 0 Å². The molecule has 30 heavy (non-hydrogen) atoms. The summed E-state index contributed by atoms with van der Waals surface area (Å²) in [6.45, 7) is 0.307. The zero-order chi connectivity index (χ0) is 21.0. The van der Waals surface area contributed by atoms with Crippen molar-refractivity contribution in [2.45, 2.75) is 5.54 Å². The van der Waals surface area contributed by atoms with Crippen molar-refractivity contribution in [2.24, 2.45) is 4.99 Å². The Labute approximate surface area is 172 Å². The van der Waals surface area contributed by atoms with Gasteiger partial charge in [-0.3, -0.25) is 9.78 Å². The van der Waals surface area contributed by atoms with Gasteiger partial charge in [-0.25, -0.2) is 9.38 Å². The summed E-state index contributed by atoms with van der Waals surface area (Å²) in [6, 6.07) is 16.1. The fourth-order valence-electron chi connectivity index (χ4n) is 3.41. The van der Waals surface area contributed by atoms with Crippen LogP contribution in [0.1, 0.15) is 11.1 Å². The van der Waals surface area contributed by atoms with Gasteiger partial charge >= 0.3 is 12.5 Å². The first-order valence-corrected chi connectivity index (χ1v) is 9.09. The van der Waals surface area contributed by atoms with Crippen LogP contribution < -0.4 is 10.2 Å². The molecule has 0 aliphatic carbocycles. The summed E-state index contributed by atoms with van der Waals surface area (Å²) in [7, 11) is 1.40. The van der Waals surface area contributed by atoms with Crippen molar-refractivity contribution < 1.29 is 23.5 Å². The van der Waals surface area contributed by atoms with Gasteiger partial charge in [0.25, 0.3) is 0 Å². The predicted octanol–water partition coefficient (Wildman–Crippen LogP) is 3.20. The minimum Gasteiger partial charge on any atom is -0.494 e. The predicted molar refractivity (Wildman–Crippen MR) is 107 cm³/mol. The lowest BCUT2D eigenvalue weighted by atomic mass is 9.83. The number of benzene rings is 2. The molecule has 2 aromatic carbocycles. The zero-order valence-electron chi connectivity index (χ0n) is 16.0. The number of methoxy groups -OCH3 is 1. The number of pyridine rings is 1. The SMILES string of the molecule is COc1ccc(C2(c3cccc(-c4cccnc4)c3)COC(NOC=O)=N2)cc1F. The standard InChI is InChI=1S/C22H18FN3O4/c1-28-20-8-7-18(11-19(20)23)22(13-29-21(25-22)26-30-14-27)17-6-2-4-15(10-17)16-5-3-9-24-12-16/h2-12,14H,13H2,1H3,(H,25,26). The fourth-order valence-corrected chi connectivity index (χ4v) is 3.41. The van der Waals surface area contributed by atoms with Crippen molar-refractivity contribution in [3.05, 3.63) is 83.9 Å². The molecule has 1 aliphatic heterocycles. The topological polar surface area (TPSA) is 82.0 Å². The summed E-state index contributed by atoms with van der Waals surface area (Å²) in [4.78, 5) is 23.8. The van der Waals surface area contributed by atoms with Gasteiger partial charge in [0.1, 0.15) is 6.61 Å². The number of hydrogen-bond donors (Lipinski definition) is 1. The van der Waals surface area contributed by atoms with Crippen LogP contribution in [0.4, 0.5) is 4.39 Å². The highest BCUT2D eigenvalue weighted by atomic mass is 19.1. The van der Waals surface area contributed by atoms with E-state index < -0.39 is 11.4 Å². The van der Waals surface area contributed by atoms with E-state index in [0.29, 0.717) is 5.56 Å². The quantitative estimate of drug-likeness (QED) is 0.499. The lowest BCUT2D eigenvalue weighted by molar-refractivity contribution is -0.132. The number of aromatic nitrogens is 1. The number of nitrogens with one attached hydrogen (secondary N) is 1. The number of ether oxygens (including phenoxy) is 2. The molecule has 7 nitrogen and oxygen atoms in total. The lowest BCUT2D eigenvalue weighted by Crippen LogP contribution is -2.27. The van der Waals surface area contributed by atoms with Gasteiger partial charge in [-0.05, 0) is 46.5 Å².